The van der Waals surface area contributed by atoms with E-state index in [-0.39, 0.29) is 18.4 Å². The van der Waals surface area contributed by atoms with Gasteiger partial charge in [0.2, 0.25) is 0 Å². The van der Waals surface area contributed by atoms with Gasteiger partial charge in [0.25, 0.3) is 0 Å². The third kappa shape index (κ3) is 3.74. The van der Waals surface area contributed by atoms with Gasteiger partial charge in [-0.25, -0.2) is 9.67 Å². The molecule has 9 heteroatoms. The Bertz CT molecular complexity index is 964. The number of hydrogen-bond acceptors (Lipinski definition) is 7. The molecular weight excluding hydrogens is 384 g/mol. The number of rotatable bonds is 5. The largest absolute Gasteiger partial charge is 0.497 e. The summed E-state index contributed by atoms with van der Waals surface area (Å²) in [6, 6.07) is 8.82. The molecule has 28 heavy (non-hydrogen) atoms. The van der Waals surface area contributed by atoms with E-state index in [1.165, 1.54) is 7.11 Å². The maximum Gasteiger partial charge on any atom is 0.326 e. The molecule has 148 valence electrons. The van der Waals surface area contributed by atoms with E-state index in [1.807, 2.05) is 36.5 Å². The van der Waals surface area contributed by atoms with Crippen LogP contribution in [0.25, 0.3) is 16.7 Å². The molecule has 3 heterocycles. The smallest absolute Gasteiger partial charge is 0.326 e. The zero-order valence-electron chi connectivity index (χ0n) is 15.6. The van der Waals surface area contributed by atoms with Crippen LogP contribution in [0.4, 0.5) is 0 Å². The molecule has 0 aliphatic carbocycles. The lowest BCUT2D eigenvalue weighted by molar-refractivity contribution is -0.158. The van der Waals surface area contributed by atoms with E-state index < -0.39 is 6.04 Å². The van der Waals surface area contributed by atoms with Crippen LogP contribution in [0.15, 0.2) is 42.7 Å². The van der Waals surface area contributed by atoms with Crippen molar-refractivity contribution in [2.45, 2.75) is 18.9 Å². The molecule has 0 N–H and O–H groups in total. The molecule has 1 fully saturated rings. The highest BCUT2D eigenvalue weighted by Crippen LogP contribution is 2.32. The van der Waals surface area contributed by atoms with E-state index in [2.05, 4.69) is 10.1 Å². The molecule has 0 amide bonds. The Hall–Kier alpha value is -2.84. The minimum absolute atomic E-state index is 0. The van der Waals surface area contributed by atoms with Crippen molar-refractivity contribution in [3.8, 4) is 17.3 Å². The summed E-state index contributed by atoms with van der Waals surface area (Å²) in [5.74, 6) is 1.63. The van der Waals surface area contributed by atoms with Crippen molar-refractivity contribution in [2.24, 2.45) is 0 Å². The average molecular weight is 405 g/mol. The minimum atomic E-state index is -0.412. The second-order valence-corrected chi connectivity index (χ2v) is 6.23. The summed E-state index contributed by atoms with van der Waals surface area (Å²) in [6.45, 7) is 0.650. The second kappa shape index (κ2) is 8.45. The normalized spacial score (nSPS) is 16.6. The standard InChI is InChI=1S/C19H20N4O4.ClH/c1-25-13-6-7-14-15(11-13)21-18(22-9-4-8-20-22)12-17(14)27-23-10-3-5-16(23)19(24)26-2;/h4,6-9,11-12,16H,3,5,10H2,1-2H3;1H/t16-;/m0./s1. The third-order valence-corrected chi connectivity index (χ3v) is 4.60. The topological polar surface area (TPSA) is 78.7 Å². The number of halogens is 1. The number of hydroxylamine groups is 2. The molecule has 0 radical (unpaired) electrons. The Morgan fingerprint density at radius 3 is 2.82 bits per heavy atom. The number of hydrogen-bond donors (Lipinski definition) is 0. The van der Waals surface area contributed by atoms with Gasteiger partial charge in [-0.3, -0.25) is 4.79 Å². The number of aromatic nitrogens is 3. The zero-order chi connectivity index (χ0) is 18.8. The van der Waals surface area contributed by atoms with Gasteiger partial charge in [-0.1, -0.05) is 0 Å². The summed E-state index contributed by atoms with van der Waals surface area (Å²) in [5.41, 5.74) is 0.714. The fraction of sp³-hybridized carbons (Fsp3) is 0.316. The zero-order valence-corrected chi connectivity index (χ0v) is 16.4. The van der Waals surface area contributed by atoms with Crippen LogP contribution in [0.1, 0.15) is 12.8 Å². The van der Waals surface area contributed by atoms with Gasteiger partial charge in [0, 0.05) is 36.5 Å². The van der Waals surface area contributed by atoms with Gasteiger partial charge in [0.15, 0.2) is 11.6 Å². The average Bonchev–Trinajstić information content (AvgIpc) is 3.39. The number of esters is 1. The number of carbonyl (C=O) groups is 1. The van der Waals surface area contributed by atoms with Crippen molar-refractivity contribution in [1.29, 1.82) is 0 Å². The first-order valence-corrected chi connectivity index (χ1v) is 8.71. The predicted molar refractivity (Wildman–Crippen MR) is 105 cm³/mol. The Labute approximate surface area is 168 Å². The maximum absolute atomic E-state index is 12.0. The van der Waals surface area contributed by atoms with E-state index in [0.29, 0.717) is 35.8 Å². The van der Waals surface area contributed by atoms with E-state index in [1.54, 1.807) is 23.1 Å². The SMILES string of the molecule is COC(=O)[C@@H]1CCCN1Oc1cc(-n2cccn2)nc2cc(OC)ccc12.Cl. The number of methoxy groups -OCH3 is 2. The van der Waals surface area contributed by atoms with Crippen LogP contribution in [0, 0.1) is 0 Å². The summed E-state index contributed by atoms with van der Waals surface area (Å²) in [6.07, 6.45) is 5.06. The van der Waals surface area contributed by atoms with Gasteiger partial charge < -0.3 is 14.3 Å². The van der Waals surface area contributed by atoms with Crippen LogP contribution >= 0.6 is 12.4 Å². The van der Waals surface area contributed by atoms with Crippen molar-refractivity contribution in [3.63, 3.8) is 0 Å². The molecule has 0 bridgehead atoms. The number of benzene rings is 1. The quantitative estimate of drug-likeness (QED) is 0.605. The molecule has 1 aliphatic rings. The number of nitrogens with zero attached hydrogens (tertiary/aromatic N) is 4. The fourth-order valence-corrected chi connectivity index (χ4v) is 3.23. The van der Waals surface area contributed by atoms with E-state index in [9.17, 15) is 4.79 Å². The van der Waals surface area contributed by atoms with Crippen LogP contribution in [0.2, 0.25) is 0 Å². The summed E-state index contributed by atoms with van der Waals surface area (Å²) < 4.78 is 11.9. The first-order chi connectivity index (χ1) is 13.2. The highest BCUT2D eigenvalue weighted by atomic mass is 35.5. The molecule has 8 nitrogen and oxygen atoms in total. The minimum Gasteiger partial charge on any atom is -0.497 e. The van der Waals surface area contributed by atoms with E-state index in [0.717, 1.165) is 11.8 Å². The van der Waals surface area contributed by atoms with Crippen molar-refractivity contribution in [1.82, 2.24) is 19.8 Å². The van der Waals surface area contributed by atoms with Crippen molar-refractivity contribution in [3.05, 3.63) is 42.7 Å². The Morgan fingerprint density at radius 2 is 2.11 bits per heavy atom. The molecule has 2 aromatic heterocycles. The van der Waals surface area contributed by atoms with Crippen molar-refractivity contribution >= 4 is 29.3 Å². The molecule has 0 spiro atoms. The van der Waals surface area contributed by atoms with Crippen LogP contribution in [0.5, 0.6) is 11.5 Å². The number of carbonyl (C=O) groups excluding carboxylic acids is 1. The van der Waals surface area contributed by atoms with Crippen LogP contribution in [-0.4, -0.2) is 52.6 Å². The molecule has 4 rings (SSSR count). The van der Waals surface area contributed by atoms with Crippen molar-refractivity contribution < 1.29 is 19.1 Å². The third-order valence-electron chi connectivity index (χ3n) is 4.60. The lowest BCUT2D eigenvalue weighted by atomic mass is 10.2. The number of ether oxygens (including phenoxy) is 2. The van der Waals surface area contributed by atoms with Crippen LogP contribution in [0.3, 0.4) is 0 Å². The highest BCUT2D eigenvalue weighted by Gasteiger charge is 2.34. The summed E-state index contributed by atoms with van der Waals surface area (Å²) in [7, 11) is 3.00. The van der Waals surface area contributed by atoms with Gasteiger partial charge in [-0.05, 0) is 31.0 Å². The molecule has 1 aromatic carbocycles. The predicted octanol–water partition coefficient (Wildman–Crippen LogP) is 2.78. The molecular formula is C19H21ClN4O4. The van der Waals surface area contributed by atoms with Crippen LogP contribution < -0.4 is 9.57 Å². The van der Waals surface area contributed by atoms with Gasteiger partial charge in [-0.15, -0.1) is 17.5 Å². The van der Waals surface area contributed by atoms with E-state index >= 15 is 0 Å². The van der Waals surface area contributed by atoms with Gasteiger partial charge >= 0.3 is 5.97 Å². The molecule has 0 unspecified atom stereocenters. The fourth-order valence-electron chi connectivity index (χ4n) is 3.23. The summed E-state index contributed by atoms with van der Waals surface area (Å²) in [4.78, 5) is 22.8. The van der Waals surface area contributed by atoms with Gasteiger partial charge in [-0.2, -0.15) is 5.10 Å². The lowest BCUT2D eigenvalue weighted by Gasteiger charge is -2.23. The Kier molecular flexibility index (Phi) is 6.01. The number of pyridine rings is 1. The van der Waals surface area contributed by atoms with Crippen LogP contribution in [-0.2, 0) is 9.53 Å². The molecule has 1 saturated heterocycles. The Balaban J connectivity index is 0.00000225. The summed E-state index contributed by atoms with van der Waals surface area (Å²) in [5, 5.41) is 6.74. The first kappa shape index (κ1) is 19.9. The second-order valence-electron chi connectivity index (χ2n) is 6.23. The highest BCUT2D eigenvalue weighted by molar-refractivity contribution is 5.87. The summed E-state index contributed by atoms with van der Waals surface area (Å²) >= 11 is 0. The molecule has 1 aliphatic heterocycles. The van der Waals surface area contributed by atoms with Gasteiger partial charge in [0.05, 0.1) is 19.7 Å². The lowest BCUT2D eigenvalue weighted by Crippen LogP contribution is -2.39. The molecule has 0 saturated carbocycles. The number of fused-ring (bicyclic) bond motifs is 1. The molecule has 3 aromatic rings. The van der Waals surface area contributed by atoms with E-state index in [4.69, 9.17) is 14.3 Å². The molecule has 1 atom stereocenters. The Morgan fingerprint density at radius 1 is 1.25 bits per heavy atom. The first-order valence-electron chi connectivity index (χ1n) is 8.71. The van der Waals surface area contributed by atoms with Crippen molar-refractivity contribution in [2.75, 3.05) is 20.8 Å². The monoisotopic (exact) mass is 404 g/mol. The van der Waals surface area contributed by atoms with Gasteiger partial charge in [0.1, 0.15) is 11.8 Å². The maximum atomic E-state index is 12.0.